The fourth-order valence-corrected chi connectivity index (χ4v) is 3.02. The van der Waals surface area contributed by atoms with E-state index >= 15 is 0 Å². The minimum atomic E-state index is -0.387. The van der Waals surface area contributed by atoms with Crippen molar-refractivity contribution in [1.82, 2.24) is 0 Å². The molecule has 2 N–H and O–H groups in total. The van der Waals surface area contributed by atoms with Crippen LogP contribution in [-0.2, 0) is 0 Å². The van der Waals surface area contributed by atoms with Crippen molar-refractivity contribution in [1.29, 1.82) is 0 Å². The number of rotatable bonds is 2. The fraction of sp³-hybridized carbons (Fsp3) is 0.143. The largest absolute Gasteiger partial charge is 0.506 e. The summed E-state index contributed by atoms with van der Waals surface area (Å²) in [5.74, 6) is -0.555. The van der Waals surface area contributed by atoms with Crippen LogP contribution >= 0.6 is 46.4 Å². The van der Waals surface area contributed by atoms with Crippen LogP contribution in [0.2, 0.25) is 20.1 Å². The van der Waals surface area contributed by atoms with Gasteiger partial charge in [0.1, 0.15) is 11.5 Å². The van der Waals surface area contributed by atoms with Crippen molar-refractivity contribution in [3.63, 3.8) is 0 Å². The van der Waals surface area contributed by atoms with Gasteiger partial charge in [0.15, 0.2) is 0 Å². The Morgan fingerprint density at radius 2 is 1.10 bits per heavy atom. The predicted molar refractivity (Wildman–Crippen MR) is 83.8 cm³/mol. The lowest BCUT2D eigenvalue weighted by molar-refractivity contribution is 0.457. The van der Waals surface area contributed by atoms with E-state index in [4.69, 9.17) is 46.4 Å². The molecule has 106 valence electrons. The van der Waals surface area contributed by atoms with Gasteiger partial charge >= 0.3 is 0 Å². The highest BCUT2D eigenvalue weighted by Gasteiger charge is 2.20. The summed E-state index contributed by atoms with van der Waals surface area (Å²) < 4.78 is 0. The second-order valence-electron chi connectivity index (χ2n) is 4.37. The van der Waals surface area contributed by atoms with Crippen molar-refractivity contribution >= 4 is 46.4 Å². The van der Waals surface area contributed by atoms with E-state index in [-0.39, 0.29) is 27.5 Å². The second-order valence-corrected chi connectivity index (χ2v) is 6.06. The van der Waals surface area contributed by atoms with Crippen LogP contribution in [0.1, 0.15) is 24.0 Å². The quantitative estimate of drug-likeness (QED) is 0.710. The Morgan fingerprint density at radius 1 is 0.750 bits per heavy atom. The van der Waals surface area contributed by atoms with Gasteiger partial charge in [-0.05, 0) is 24.3 Å². The molecule has 6 heteroatoms. The molecule has 0 radical (unpaired) electrons. The van der Waals surface area contributed by atoms with E-state index in [0.717, 1.165) is 0 Å². The first-order chi connectivity index (χ1) is 9.31. The van der Waals surface area contributed by atoms with Crippen molar-refractivity contribution in [2.24, 2.45) is 0 Å². The molecular formula is C14H10Cl4O2. The third-order valence-electron chi connectivity index (χ3n) is 3.05. The molecular weight excluding hydrogens is 342 g/mol. The standard InChI is InChI=1S/C14H10Cl4O2/c1-6(9-2-7(15)4-11(17)13(9)19)10-3-8(16)5-12(18)14(10)20/h2-6,19-20H,1H3. The van der Waals surface area contributed by atoms with Gasteiger partial charge in [-0.1, -0.05) is 53.3 Å². The average Bonchev–Trinajstić information content (AvgIpc) is 2.37. The molecule has 0 aromatic heterocycles. The summed E-state index contributed by atoms with van der Waals surface area (Å²) >= 11 is 23.7. The maximum Gasteiger partial charge on any atom is 0.138 e. The molecule has 2 aromatic rings. The summed E-state index contributed by atoms with van der Waals surface area (Å²) in [6.45, 7) is 1.78. The lowest BCUT2D eigenvalue weighted by Gasteiger charge is -2.17. The van der Waals surface area contributed by atoms with E-state index in [9.17, 15) is 10.2 Å². The van der Waals surface area contributed by atoms with E-state index in [1.807, 2.05) is 0 Å². The minimum absolute atomic E-state index is 0.0842. The van der Waals surface area contributed by atoms with Gasteiger partial charge in [0.2, 0.25) is 0 Å². The van der Waals surface area contributed by atoms with Crippen molar-refractivity contribution in [2.75, 3.05) is 0 Å². The highest BCUT2D eigenvalue weighted by molar-refractivity contribution is 6.36. The normalized spacial score (nSPS) is 11.1. The van der Waals surface area contributed by atoms with Crippen molar-refractivity contribution in [2.45, 2.75) is 12.8 Å². The molecule has 0 aliphatic carbocycles. The number of hydrogen-bond acceptors (Lipinski definition) is 2. The molecule has 0 saturated heterocycles. The van der Waals surface area contributed by atoms with E-state index in [1.165, 1.54) is 12.1 Å². The van der Waals surface area contributed by atoms with Gasteiger partial charge in [-0.15, -0.1) is 0 Å². The monoisotopic (exact) mass is 350 g/mol. The molecule has 2 nitrogen and oxygen atoms in total. The number of hydrogen-bond donors (Lipinski definition) is 2. The van der Waals surface area contributed by atoms with Crippen LogP contribution in [0.3, 0.4) is 0 Å². The summed E-state index contributed by atoms with van der Waals surface area (Å²) in [5, 5.41) is 21.2. The number of phenolic OH excluding ortho intramolecular Hbond substituents is 2. The minimum Gasteiger partial charge on any atom is -0.506 e. The zero-order valence-electron chi connectivity index (χ0n) is 10.3. The maximum absolute atomic E-state index is 10.0. The molecule has 0 atom stereocenters. The predicted octanol–water partition coefficient (Wildman–Crippen LogP) is 5.86. The highest BCUT2D eigenvalue weighted by Crippen LogP contribution is 2.43. The average molecular weight is 352 g/mol. The molecule has 2 aromatic carbocycles. The molecule has 0 fully saturated rings. The Balaban J connectivity index is 2.60. The lowest BCUT2D eigenvalue weighted by atomic mass is 9.91. The van der Waals surface area contributed by atoms with E-state index in [2.05, 4.69) is 0 Å². The molecule has 0 aliphatic rings. The SMILES string of the molecule is CC(c1cc(Cl)cc(Cl)c1O)c1cc(Cl)cc(Cl)c1O. The van der Waals surface area contributed by atoms with Crippen LogP contribution in [0.4, 0.5) is 0 Å². The topological polar surface area (TPSA) is 40.5 Å². The van der Waals surface area contributed by atoms with Gasteiger partial charge in [0.25, 0.3) is 0 Å². The van der Waals surface area contributed by atoms with Gasteiger partial charge in [-0.3, -0.25) is 0 Å². The first kappa shape index (κ1) is 15.6. The highest BCUT2D eigenvalue weighted by atomic mass is 35.5. The van der Waals surface area contributed by atoms with Crippen molar-refractivity contribution < 1.29 is 10.2 Å². The molecule has 0 spiro atoms. The summed E-state index contributed by atoms with van der Waals surface area (Å²) in [4.78, 5) is 0. The second kappa shape index (κ2) is 5.90. The van der Waals surface area contributed by atoms with Crippen LogP contribution in [-0.4, -0.2) is 10.2 Å². The Bertz CT molecular complexity index is 613. The molecule has 0 heterocycles. The van der Waals surface area contributed by atoms with Crippen LogP contribution in [0.5, 0.6) is 11.5 Å². The molecule has 2 rings (SSSR count). The van der Waals surface area contributed by atoms with Crippen molar-refractivity contribution in [3.8, 4) is 11.5 Å². The molecule has 0 amide bonds. The first-order valence-corrected chi connectivity index (χ1v) is 7.18. The van der Waals surface area contributed by atoms with Gasteiger partial charge in [0.05, 0.1) is 10.0 Å². The van der Waals surface area contributed by atoms with Gasteiger partial charge < -0.3 is 10.2 Å². The molecule has 0 saturated carbocycles. The maximum atomic E-state index is 10.0. The summed E-state index contributed by atoms with van der Waals surface area (Å²) in [5.41, 5.74) is 0.965. The smallest absolute Gasteiger partial charge is 0.138 e. The summed E-state index contributed by atoms with van der Waals surface area (Å²) in [6.07, 6.45) is 0. The zero-order chi connectivity index (χ0) is 15.0. The summed E-state index contributed by atoms with van der Waals surface area (Å²) in [6, 6.07) is 6.06. The van der Waals surface area contributed by atoms with E-state index < -0.39 is 0 Å². The Morgan fingerprint density at radius 3 is 1.45 bits per heavy atom. The van der Waals surface area contributed by atoms with Gasteiger partial charge in [-0.2, -0.15) is 0 Å². The Kier molecular flexibility index (Phi) is 4.60. The molecule has 0 unspecified atom stereocenters. The first-order valence-electron chi connectivity index (χ1n) is 5.67. The number of halogens is 4. The number of phenols is 2. The molecule has 20 heavy (non-hydrogen) atoms. The van der Waals surface area contributed by atoms with E-state index in [1.54, 1.807) is 19.1 Å². The summed E-state index contributed by atoms with van der Waals surface area (Å²) in [7, 11) is 0. The Labute approximate surface area is 136 Å². The van der Waals surface area contributed by atoms with E-state index in [0.29, 0.717) is 21.2 Å². The van der Waals surface area contributed by atoms with Crippen LogP contribution < -0.4 is 0 Å². The third-order valence-corrected chi connectivity index (χ3v) is 4.06. The number of aromatic hydroxyl groups is 2. The number of benzene rings is 2. The van der Waals surface area contributed by atoms with Gasteiger partial charge in [-0.25, -0.2) is 0 Å². The van der Waals surface area contributed by atoms with Crippen LogP contribution in [0, 0.1) is 0 Å². The lowest BCUT2D eigenvalue weighted by Crippen LogP contribution is -1.98. The van der Waals surface area contributed by atoms with Crippen LogP contribution in [0.15, 0.2) is 24.3 Å². The van der Waals surface area contributed by atoms with Gasteiger partial charge in [0, 0.05) is 27.1 Å². The molecule has 0 bridgehead atoms. The van der Waals surface area contributed by atoms with Crippen molar-refractivity contribution in [3.05, 3.63) is 55.5 Å². The Hall–Kier alpha value is -0.800. The zero-order valence-corrected chi connectivity index (χ0v) is 13.3. The van der Waals surface area contributed by atoms with Crippen LogP contribution in [0.25, 0.3) is 0 Å². The fourth-order valence-electron chi connectivity index (χ4n) is 2.00. The molecule has 0 aliphatic heterocycles. The third kappa shape index (κ3) is 2.94.